The van der Waals surface area contributed by atoms with Gasteiger partial charge in [-0.3, -0.25) is 9.36 Å². The van der Waals surface area contributed by atoms with E-state index < -0.39 is 11.6 Å². The van der Waals surface area contributed by atoms with Crippen molar-refractivity contribution >= 4 is 39.4 Å². The Morgan fingerprint density at radius 2 is 2.02 bits per heavy atom. The fraction of sp³-hybridized carbons (Fsp3) is 0.233. The first-order valence-corrected chi connectivity index (χ1v) is 13.4. The van der Waals surface area contributed by atoms with Gasteiger partial charge in [0.2, 0.25) is 5.91 Å². The number of carbonyl (C=O) groups is 1. The average molecular weight is 572 g/mol. The standard InChI is InChI=1S/C30H24ClF2N7O/c1-3-24(41)39-12-9-21(14-20(39)8-10-34)40-16-36-28-29(40)22-15-23(31)25(18-4-6-19(32)7-5-18)26(33)27(22)37-30(28)38-13-11-35-17(38)2/h3-7,11,13,15-16,20-21H,1,8-9,12,14H2,2H3/t20-,21+/m1/s1. The fourth-order valence-electron chi connectivity index (χ4n) is 5.77. The number of imidazole rings is 2. The monoisotopic (exact) mass is 571 g/mol. The van der Waals surface area contributed by atoms with Gasteiger partial charge in [-0.15, -0.1) is 0 Å². The van der Waals surface area contributed by atoms with Crippen LogP contribution in [0.3, 0.4) is 0 Å². The zero-order valence-electron chi connectivity index (χ0n) is 22.1. The first kappa shape index (κ1) is 26.6. The van der Waals surface area contributed by atoms with Crippen molar-refractivity contribution in [3.8, 4) is 23.0 Å². The van der Waals surface area contributed by atoms with Gasteiger partial charge in [0, 0.05) is 42.0 Å². The van der Waals surface area contributed by atoms with Gasteiger partial charge < -0.3 is 9.47 Å². The minimum absolute atomic E-state index is 0.0823. The molecule has 2 atom stereocenters. The van der Waals surface area contributed by atoms with Crippen molar-refractivity contribution in [2.75, 3.05) is 6.54 Å². The lowest BCUT2D eigenvalue weighted by molar-refractivity contribution is -0.130. The highest BCUT2D eigenvalue weighted by molar-refractivity contribution is 6.34. The van der Waals surface area contributed by atoms with E-state index in [1.165, 1.54) is 30.3 Å². The van der Waals surface area contributed by atoms with Gasteiger partial charge in [-0.2, -0.15) is 5.26 Å². The van der Waals surface area contributed by atoms with Crippen LogP contribution in [0, 0.1) is 29.9 Å². The average Bonchev–Trinajstić information content (AvgIpc) is 3.60. The van der Waals surface area contributed by atoms with E-state index in [2.05, 4.69) is 17.6 Å². The fourth-order valence-corrected chi connectivity index (χ4v) is 6.07. The zero-order chi connectivity index (χ0) is 28.8. The van der Waals surface area contributed by atoms with Crippen LogP contribution in [-0.4, -0.2) is 47.5 Å². The SMILES string of the molecule is C=CC(=O)N1CC[C@H](n2cnc3c(-n4ccnc4C)nc4c(F)c(-c5ccc(F)cc5)c(Cl)cc4c32)C[C@H]1CC#N. The van der Waals surface area contributed by atoms with E-state index in [0.29, 0.717) is 53.0 Å². The third-order valence-corrected chi connectivity index (χ3v) is 8.02. The molecular weight excluding hydrogens is 548 g/mol. The maximum Gasteiger partial charge on any atom is 0.246 e. The van der Waals surface area contributed by atoms with E-state index in [1.807, 2.05) is 11.5 Å². The van der Waals surface area contributed by atoms with Crippen molar-refractivity contribution in [1.82, 2.24) is 29.0 Å². The summed E-state index contributed by atoms with van der Waals surface area (Å²) in [6, 6.07) is 8.87. The van der Waals surface area contributed by atoms with Gasteiger partial charge in [0.05, 0.1) is 29.4 Å². The van der Waals surface area contributed by atoms with E-state index in [1.54, 1.807) is 34.3 Å². The van der Waals surface area contributed by atoms with Crippen LogP contribution >= 0.6 is 11.6 Å². The summed E-state index contributed by atoms with van der Waals surface area (Å²) in [7, 11) is 0. The molecule has 0 saturated carbocycles. The van der Waals surface area contributed by atoms with Crippen LogP contribution in [0.15, 0.2) is 61.7 Å². The predicted molar refractivity (Wildman–Crippen MR) is 151 cm³/mol. The first-order valence-electron chi connectivity index (χ1n) is 13.1. The molecule has 0 bridgehead atoms. The number of fused-ring (bicyclic) bond motifs is 3. The highest BCUT2D eigenvalue weighted by Crippen LogP contribution is 2.41. The summed E-state index contributed by atoms with van der Waals surface area (Å²) in [6.45, 7) is 5.84. The predicted octanol–water partition coefficient (Wildman–Crippen LogP) is 6.31. The molecule has 206 valence electrons. The Labute approximate surface area is 239 Å². The molecule has 0 unspecified atom stereocenters. The number of pyridine rings is 1. The highest BCUT2D eigenvalue weighted by Gasteiger charge is 2.33. The molecule has 1 saturated heterocycles. The number of likely N-dealkylation sites (tertiary alicyclic amines) is 1. The van der Waals surface area contributed by atoms with Crippen molar-refractivity contribution in [2.45, 2.75) is 38.3 Å². The molecule has 4 heterocycles. The Morgan fingerprint density at radius 1 is 1.24 bits per heavy atom. The number of halogens is 3. The normalized spacial score (nSPS) is 17.2. The van der Waals surface area contributed by atoms with Crippen LogP contribution in [0.2, 0.25) is 5.02 Å². The van der Waals surface area contributed by atoms with Gasteiger partial charge in [-0.05, 0) is 49.6 Å². The number of aryl methyl sites for hydroxylation is 1. The van der Waals surface area contributed by atoms with Gasteiger partial charge in [-0.1, -0.05) is 30.3 Å². The Balaban J connectivity index is 1.59. The van der Waals surface area contributed by atoms with E-state index >= 15 is 4.39 Å². The van der Waals surface area contributed by atoms with Crippen molar-refractivity contribution in [2.24, 2.45) is 0 Å². The minimum Gasteiger partial charge on any atom is -0.335 e. The number of aromatic nitrogens is 5. The van der Waals surface area contributed by atoms with Gasteiger partial charge in [-0.25, -0.2) is 23.7 Å². The van der Waals surface area contributed by atoms with Gasteiger partial charge in [0.1, 0.15) is 22.7 Å². The number of piperidine rings is 1. The maximum atomic E-state index is 16.4. The number of benzene rings is 2. The van der Waals surface area contributed by atoms with Gasteiger partial charge >= 0.3 is 0 Å². The van der Waals surface area contributed by atoms with Crippen molar-refractivity contribution in [3.63, 3.8) is 0 Å². The summed E-state index contributed by atoms with van der Waals surface area (Å²) >= 11 is 6.69. The number of nitrogens with zero attached hydrogens (tertiary/aromatic N) is 7. The summed E-state index contributed by atoms with van der Waals surface area (Å²) in [4.78, 5) is 27.9. The van der Waals surface area contributed by atoms with Crippen LogP contribution in [0.5, 0.6) is 0 Å². The van der Waals surface area contributed by atoms with Crippen LogP contribution in [0.25, 0.3) is 38.9 Å². The van der Waals surface area contributed by atoms with Crippen LogP contribution in [0.4, 0.5) is 8.78 Å². The Hall–Kier alpha value is -4.62. The van der Waals surface area contributed by atoms with Gasteiger partial charge in [0.15, 0.2) is 11.6 Å². The topological polar surface area (TPSA) is 92.6 Å². The lowest BCUT2D eigenvalue weighted by Crippen LogP contribution is -2.45. The quantitative estimate of drug-likeness (QED) is 0.231. The van der Waals surface area contributed by atoms with Crippen molar-refractivity contribution in [3.05, 3.63) is 84.2 Å². The second-order valence-corrected chi connectivity index (χ2v) is 10.4. The molecule has 0 aliphatic carbocycles. The number of carbonyl (C=O) groups excluding carboxylic acids is 1. The van der Waals surface area contributed by atoms with Gasteiger partial charge in [0.25, 0.3) is 0 Å². The van der Waals surface area contributed by atoms with E-state index in [9.17, 15) is 14.4 Å². The Bertz CT molecular complexity index is 1870. The molecule has 11 heteroatoms. The molecule has 2 aromatic carbocycles. The number of rotatable bonds is 5. The summed E-state index contributed by atoms with van der Waals surface area (Å²) in [5.41, 5.74) is 1.79. The third-order valence-electron chi connectivity index (χ3n) is 7.72. The summed E-state index contributed by atoms with van der Waals surface area (Å²) in [5, 5.41) is 10.1. The molecule has 3 aromatic heterocycles. The second-order valence-electron chi connectivity index (χ2n) is 10.0. The van der Waals surface area contributed by atoms with Crippen LogP contribution in [-0.2, 0) is 4.79 Å². The molecule has 8 nitrogen and oxygen atoms in total. The Morgan fingerprint density at radius 3 is 2.71 bits per heavy atom. The summed E-state index contributed by atoms with van der Waals surface area (Å²) in [5.74, 6) is -0.245. The number of nitriles is 1. The minimum atomic E-state index is -0.637. The highest BCUT2D eigenvalue weighted by atomic mass is 35.5. The molecule has 0 radical (unpaired) electrons. The summed E-state index contributed by atoms with van der Waals surface area (Å²) < 4.78 is 33.7. The van der Waals surface area contributed by atoms with Crippen molar-refractivity contribution in [1.29, 1.82) is 5.26 Å². The molecule has 41 heavy (non-hydrogen) atoms. The lowest BCUT2D eigenvalue weighted by atomic mass is 9.94. The van der Waals surface area contributed by atoms with E-state index in [-0.39, 0.29) is 40.5 Å². The number of amides is 1. The molecule has 1 aliphatic rings. The Kier molecular flexibility index (Phi) is 6.75. The molecule has 0 spiro atoms. The molecule has 1 aliphatic heterocycles. The molecular formula is C30H24ClF2N7O. The van der Waals surface area contributed by atoms with Crippen LogP contribution in [0.1, 0.15) is 31.1 Å². The first-order chi connectivity index (χ1) is 19.8. The van der Waals surface area contributed by atoms with Crippen molar-refractivity contribution < 1.29 is 13.6 Å². The van der Waals surface area contributed by atoms with Crippen LogP contribution < -0.4 is 0 Å². The smallest absolute Gasteiger partial charge is 0.246 e. The van der Waals surface area contributed by atoms with E-state index in [0.717, 1.165) is 0 Å². The third kappa shape index (κ3) is 4.43. The van der Waals surface area contributed by atoms with E-state index in [4.69, 9.17) is 21.6 Å². The molecule has 0 N–H and O–H groups in total. The number of hydrogen-bond donors (Lipinski definition) is 0. The second kappa shape index (κ2) is 10.4. The largest absolute Gasteiger partial charge is 0.335 e. The zero-order valence-corrected chi connectivity index (χ0v) is 22.8. The molecule has 1 amide bonds. The lowest BCUT2D eigenvalue weighted by Gasteiger charge is -2.38. The molecule has 1 fully saturated rings. The maximum absolute atomic E-state index is 16.4. The number of hydrogen-bond acceptors (Lipinski definition) is 5. The molecule has 6 rings (SSSR count). The molecule has 5 aromatic rings. The summed E-state index contributed by atoms with van der Waals surface area (Å²) in [6.07, 6.45) is 7.60.